The molecule has 0 amide bonds. The molecule has 116 valence electrons. The minimum Gasteiger partial charge on any atom is -0.464 e. The maximum absolute atomic E-state index is 14.2. The molecular weight excluding hydrogens is 278 g/mol. The van der Waals surface area contributed by atoms with Crippen LogP contribution in [0.25, 0.3) is 0 Å². The summed E-state index contributed by atoms with van der Waals surface area (Å²) in [6.45, 7) is 6.14. The van der Waals surface area contributed by atoms with Crippen molar-refractivity contribution >= 4 is 5.97 Å². The van der Waals surface area contributed by atoms with E-state index in [0.29, 0.717) is 26.2 Å². The number of piperazine rings is 1. The average molecular weight is 298 g/mol. The van der Waals surface area contributed by atoms with Crippen molar-refractivity contribution in [1.82, 2.24) is 10.2 Å². The number of ether oxygens (including phenoxy) is 1. The Morgan fingerprint density at radius 3 is 2.62 bits per heavy atom. The summed E-state index contributed by atoms with van der Waals surface area (Å²) in [5.74, 6) is -1.91. The highest BCUT2D eigenvalue weighted by Gasteiger charge is 2.44. The van der Waals surface area contributed by atoms with Gasteiger partial charge >= 0.3 is 5.97 Å². The van der Waals surface area contributed by atoms with Crippen LogP contribution in [-0.2, 0) is 15.1 Å². The molecule has 4 nitrogen and oxygen atoms in total. The summed E-state index contributed by atoms with van der Waals surface area (Å²) >= 11 is 0. The monoisotopic (exact) mass is 298 g/mol. The molecule has 1 saturated heterocycles. The first-order valence-electron chi connectivity index (χ1n) is 7.08. The van der Waals surface area contributed by atoms with Gasteiger partial charge in [-0.2, -0.15) is 0 Å². The molecule has 21 heavy (non-hydrogen) atoms. The van der Waals surface area contributed by atoms with Gasteiger partial charge in [0.25, 0.3) is 0 Å². The predicted octanol–water partition coefficient (Wildman–Crippen LogP) is 1.65. The molecule has 0 aromatic heterocycles. The van der Waals surface area contributed by atoms with Gasteiger partial charge in [0.2, 0.25) is 0 Å². The highest BCUT2D eigenvalue weighted by Crippen LogP contribution is 2.32. The van der Waals surface area contributed by atoms with E-state index >= 15 is 0 Å². The van der Waals surface area contributed by atoms with E-state index in [2.05, 4.69) is 5.32 Å². The number of carbonyl (C=O) groups excluding carboxylic acids is 1. The van der Waals surface area contributed by atoms with Crippen molar-refractivity contribution in [2.24, 2.45) is 0 Å². The Hall–Kier alpha value is -1.53. The van der Waals surface area contributed by atoms with Gasteiger partial charge in [-0.3, -0.25) is 4.90 Å². The highest BCUT2D eigenvalue weighted by atomic mass is 19.1. The summed E-state index contributed by atoms with van der Waals surface area (Å²) in [6.07, 6.45) is 0. The van der Waals surface area contributed by atoms with E-state index in [1.807, 2.05) is 4.90 Å². The standard InChI is InChI=1S/C15H20F2N2O2/c1-3-21-14(20)15(2,19-8-6-18-7-9-19)12-5-4-11(16)10-13(12)17/h4-5,10,18H,3,6-9H2,1-2H3. The molecule has 1 aromatic rings. The third-order valence-corrected chi connectivity index (χ3v) is 3.88. The van der Waals surface area contributed by atoms with Crippen LogP contribution in [0.1, 0.15) is 19.4 Å². The van der Waals surface area contributed by atoms with E-state index in [1.165, 1.54) is 6.07 Å². The zero-order valence-electron chi connectivity index (χ0n) is 12.3. The molecule has 1 heterocycles. The maximum Gasteiger partial charge on any atom is 0.331 e. The third-order valence-electron chi connectivity index (χ3n) is 3.88. The van der Waals surface area contributed by atoms with Crippen LogP contribution >= 0.6 is 0 Å². The molecule has 0 saturated carbocycles. The van der Waals surface area contributed by atoms with Gasteiger partial charge in [0.15, 0.2) is 0 Å². The number of benzene rings is 1. The largest absolute Gasteiger partial charge is 0.464 e. The second-order valence-corrected chi connectivity index (χ2v) is 5.15. The first-order chi connectivity index (χ1) is 10.00. The second-order valence-electron chi connectivity index (χ2n) is 5.15. The van der Waals surface area contributed by atoms with Gasteiger partial charge in [0.05, 0.1) is 6.61 Å². The zero-order valence-corrected chi connectivity index (χ0v) is 12.3. The van der Waals surface area contributed by atoms with Crippen LogP contribution in [0.3, 0.4) is 0 Å². The van der Waals surface area contributed by atoms with E-state index < -0.39 is 23.1 Å². The van der Waals surface area contributed by atoms with Crippen molar-refractivity contribution in [3.8, 4) is 0 Å². The smallest absolute Gasteiger partial charge is 0.331 e. The number of carbonyl (C=O) groups is 1. The van der Waals surface area contributed by atoms with Crippen LogP contribution in [0.2, 0.25) is 0 Å². The normalized spacial score (nSPS) is 19.0. The molecule has 1 unspecified atom stereocenters. The maximum atomic E-state index is 14.2. The lowest BCUT2D eigenvalue weighted by atomic mass is 9.88. The summed E-state index contributed by atoms with van der Waals surface area (Å²) in [5.41, 5.74) is -1.11. The van der Waals surface area contributed by atoms with Crippen LogP contribution < -0.4 is 5.32 Å². The minimum atomic E-state index is -1.25. The van der Waals surface area contributed by atoms with Crippen molar-refractivity contribution < 1.29 is 18.3 Å². The average Bonchev–Trinajstić information content (AvgIpc) is 2.47. The van der Waals surface area contributed by atoms with Gasteiger partial charge in [-0.1, -0.05) is 6.07 Å². The van der Waals surface area contributed by atoms with Crippen LogP contribution in [0, 0.1) is 11.6 Å². The summed E-state index contributed by atoms with van der Waals surface area (Å²) in [5, 5.41) is 3.19. The predicted molar refractivity (Wildman–Crippen MR) is 74.8 cm³/mol. The van der Waals surface area contributed by atoms with Crippen molar-refractivity contribution in [2.45, 2.75) is 19.4 Å². The summed E-state index contributed by atoms with van der Waals surface area (Å²) in [6, 6.07) is 3.29. The Labute approximate surface area is 123 Å². The molecule has 1 atom stereocenters. The fraction of sp³-hybridized carbons (Fsp3) is 0.533. The van der Waals surface area contributed by atoms with E-state index in [-0.39, 0.29) is 12.2 Å². The van der Waals surface area contributed by atoms with Crippen molar-refractivity contribution in [3.63, 3.8) is 0 Å². The molecule has 1 fully saturated rings. The molecule has 1 aliphatic rings. The minimum absolute atomic E-state index is 0.143. The van der Waals surface area contributed by atoms with Gasteiger partial charge in [-0.25, -0.2) is 13.6 Å². The number of nitrogens with one attached hydrogen (secondary N) is 1. The first-order valence-corrected chi connectivity index (χ1v) is 7.08. The summed E-state index contributed by atoms with van der Waals surface area (Å²) in [4.78, 5) is 14.3. The third kappa shape index (κ3) is 3.06. The Kier molecular flexibility index (Phi) is 4.90. The Morgan fingerprint density at radius 1 is 1.38 bits per heavy atom. The van der Waals surface area contributed by atoms with Gasteiger partial charge in [-0.05, 0) is 19.9 Å². The van der Waals surface area contributed by atoms with E-state index in [1.54, 1.807) is 13.8 Å². The number of nitrogens with zero attached hydrogens (tertiary/aromatic N) is 1. The van der Waals surface area contributed by atoms with Crippen LogP contribution in [0.4, 0.5) is 8.78 Å². The fourth-order valence-corrected chi connectivity index (χ4v) is 2.68. The molecule has 1 aliphatic heterocycles. The summed E-state index contributed by atoms with van der Waals surface area (Å²) in [7, 11) is 0. The molecule has 0 radical (unpaired) electrons. The van der Waals surface area contributed by atoms with E-state index in [0.717, 1.165) is 12.1 Å². The molecule has 1 N–H and O–H groups in total. The van der Waals surface area contributed by atoms with E-state index in [4.69, 9.17) is 4.74 Å². The van der Waals surface area contributed by atoms with Crippen molar-refractivity contribution in [3.05, 3.63) is 35.4 Å². The van der Waals surface area contributed by atoms with Gasteiger partial charge in [0.1, 0.15) is 17.2 Å². The lowest BCUT2D eigenvalue weighted by Crippen LogP contribution is -2.57. The zero-order chi connectivity index (χ0) is 15.5. The molecule has 0 spiro atoms. The molecular formula is C15H20F2N2O2. The van der Waals surface area contributed by atoms with Crippen LogP contribution in [0.15, 0.2) is 18.2 Å². The second kappa shape index (κ2) is 6.49. The quantitative estimate of drug-likeness (QED) is 0.858. The molecule has 2 rings (SSSR count). The lowest BCUT2D eigenvalue weighted by Gasteiger charge is -2.41. The number of rotatable bonds is 4. The lowest BCUT2D eigenvalue weighted by molar-refractivity contribution is -0.158. The SMILES string of the molecule is CCOC(=O)C(C)(c1ccc(F)cc1F)N1CCNCC1. The fourth-order valence-electron chi connectivity index (χ4n) is 2.68. The number of hydrogen-bond acceptors (Lipinski definition) is 4. The van der Waals surface area contributed by atoms with Gasteiger partial charge in [-0.15, -0.1) is 0 Å². The van der Waals surface area contributed by atoms with Gasteiger partial charge < -0.3 is 10.1 Å². The molecule has 0 bridgehead atoms. The number of hydrogen-bond donors (Lipinski definition) is 1. The first kappa shape index (κ1) is 15.9. The number of halogens is 2. The topological polar surface area (TPSA) is 41.6 Å². The Bertz CT molecular complexity index is 518. The molecule has 0 aliphatic carbocycles. The summed E-state index contributed by atoms with van der Waals surface area (Å²) < 4.78 is 32.5. The Morgan fingerprint density at radius 2 is 2.05 bits per heavy atom. The number of esters is 1. The van der Waals surface area contributed by atoms with E-state index in [9.17, 15) is 13.6 Å². The van der Waals surface area contributed by atoms with Crippen LogP contribution in [-0.4, -0.2) is 43.7 Å². The highest BCUT2D eigenvalue weighted by molar-refractivity contribution is 5.82. The van der Waals surface area contributed by atoms with Gasteiger partial charge in [0, 0.05) is 37.8 Å². The molecule has 1 aromatic carbocycles. The van der Waals surface area contributed by atoms with Crippen molar-refractivity contribution in [2.75, 3.05) is 32.8 Å². The Balaban J connectivity index is 2.45. The molecule has 6 heteroatoms. The van der Waals surface area contributed by atoms with Crippen molar-refractivity contribution in [1.29, 1.82) is 0 Å². The van der Waals surface area contributed by atoms with Crippen LogP contribution in [0.5, 0.6) is 0 Å².